The number of benzene rings is 1. The van der Waals surface area contributed by atoms with Gasteiger partial charge >= 0.3 is 5.97 Å². The molecule has 6 nitrogen and oxygen atoms in total. The van der Waals surface area contributed by atoms with Crippen LogP contribution in [0.3, 0.4) is 0 Å². The number of nitrogens with two attached hydrogens (primary N) is 1. The summed E-state index contributed by atoms with van der Waals surface area (Å²) in [6.45, 7) is 5.18. The van der Waals surface area contributed by atoms with Gasteiger partial charge in [0.15, 0.2) is 0 Å². The van der Waals surface area contributed by atoms with Crippen molar-refractivity contribution >= 4 is 21.7 Å². The van der Waals surface area contributed by atoms with E-state index in [0.717, 1.165) is 15.4 Å². The molecule has 2 N–H and O–H groups in total. The van der Waals surface area contributed by atoms with Crippen LogP contribution in [0.1, 0.15) is 18.1 Å². The largest absolute Gasteiger partial charge is 0.465 e. The van der Waals surface area contributed by atoms with Crippen molar-refractivity contribution in [1.29, 1.82) is 0 Å². The predicted octanol–water partition coefficient (Wildman–Crippen LogP) is 1.07. The molecule has 20 heavy (non-hydrogen) atoms. The first-order valence-electron chi connectivity index (χ1n) is 6.18. The Morgan fingerprint density at radius 3 is 2.40 bits per heavy atom. The molecule has 0 aliphatic carbocycles. The van der Waals surface area contributed by atoms with E-state index in [1.54, 1.807) is 19.9 Å². The summed E-state index contributed by atoms with van der Waals surface area (Å²) in [5.41, 5.74) is 7.69. The van der Waals surface area contributed by atoms with Gasteiger partial charge in [-0.15, -0.1) is 0 Å². The third-order valence-electron chi connectivity index (χ3n) is 2.97. The van der Waals surface area contributed by atoms with E-state index in [2.05, 4.69) is 0 Å². The van der Waals surface area contributed by atoms with Gasteiger partial charge in [-0.25, -0.2) is 8.42 Å². The minimum atomic E-state index is -3.81. The molecule has 1 aromatic carbocycles. The number of hydrogen-bond acceptors (Lipinski definition) is 5. The van der Waals surface area contributed by atoms with Crippen LogP contribution in [0.15, 0.2) is 17.0 Å². The molecular formula is C13H20N2O4S. The van der Waals surface area contributed by atoms with Crippen molar-refractivity contribution in [2.45, 2.75) is 25.7 Å². The molecule has 1 rings (SSSR count). The molecule has 0 aliphatic heterocycles. The first-order chi connectivity index (χ1) is 9.20. The summed E-state index contributed by atoms with van der Waals surface area (Å²) < 4.78 is 30.5. The molecule has 0 spiro atoms. The molecule has 0 unspecified atom stereocenters. The van der Waals surface area contributed by atoms with E-state index in [0.29, 0.717) is 0 Å². The zero-order valence-electron chi connectivity index (χ0n) is 12.1. The second-order valence-electron chi connectivity index (χ2n) is 4.54. The van der Waals surface area contributed by atoms with Crippen LogP contribution < -0.4 is 5.73 Å². The minimum absolute atomic E-state index is 0.00685. The van der Waals surface area contributed by atoms with E-state index in [1.807, 2.05) is 6.92 Å². The molecule has 0 fully saturated rings. The number of aryl methyl sites for hydroxylation is 2. The van der Waals surface area contributed by atoms with Crippen LogP contribution in [-0.2, 0) is 19.6 Å². The van der Waals surface area contributed by atoms with E-state index >= 15 is 0 Å². The topological polar surface area (TPSA) is 89.7 Å². The van der Waals surface area contributed by atoms with Crippen LogP contribution >= 0.6 is 0 Å². The predicted molar refractivity (Wildman–Crippen MR) is 76.8 cm³/mol. The van der Waals surface area contributed by atoms with Crippen molar-refractivity contribution in [3.8, 4) is 0 Å². The van der Waals surface area contributed by atoms with Gasteiger partial charge in [0.2, 0.25) is 10.0 Å². The minimum Gasteiger partial charge on any atom is -0.465 e. The Kier molecular flexibility index (Phi) is 5.13. The highest BCUT2D eigenvalue weighted by Gasteiger charge is 2.26. The molecule has 0 aliphatic rings. The molecule has 0 aromatic heterocycles. The lowest BCUT2D eigenvalue weighted by Gasteiger charge is -2.18. The van der Waals surface area contributed by atoms with Crippen molar-refractivity contribution in [2.24, 2.45) is 0 Å². The number of anilines is 1. The normalized spacial score (nSPS) is 11.7. The standard InChI is InChI=1S/C13H20N2O4S/c1-5-19-13(16)8-15(4)20(17,18)12-7-10(3)9(2)6-11(12)14/h6-7H,5,8,14H2,1-4H3. The smallest absolute Gasteiger partial charge is 0.321 e. The average Bonchev–Trinajstić information content (AvgIpc) is 2.33. The fraction of sp³-hybridized carbons (Fsp3) is 0.462. The van der Waals surface area contributed by atoms with Gasteiger partial charge in [0.1, 0.15) is 11.4 Å². The maximum absolute atomic E-state index is 12.4. The highest BCUT2D eigenvalue weighted by Crippen LogP contribution is 2.25. The number of sulfonamides is 1. The first-order valence-corrected chi connectivity index (χ1v) is 7.62. The maximum Gasteiger partial charge on any atom is 0.321 e. The Bertz CT molecular complexity index is 611. The Balaban J connectivity index is 3.11. The summed E-state index contributed by atoms with van der Waals surface area (Å²) in [6.07, 6.45) is 0. The number of esters is 1. The van der Waals surface area contributed by atoms with Crippen LogP contribution in [0, 0.1) is 13.8 Å². The SMILES string of the molecule is CCOC(=O)CN(C)S(=O)(=O)c1cc(C)c(C)cc1N. The second kappa shape index (κ2) is 6.23. The van der Waals surface area contributed by atoms with Crippen molar-refractivity contribution in [2.75, 3.05) is 25.9 Å². The summed E-state index contributed by atoms with van der Waals surface area (Å²) >= 11 is 0. The monoisotopic (exact) mass is 300 g/mol. The number of carbonyl (C=O) groups excluding carboxylic acids is 1. The lowest BCUT2D eigenvalue weighted by atomic mass is 10.1. The van der Waals surface area contributed by atoms with Gasteiger partial charge in [0, 0.05) is 7.05 Å². The molecule has 0 saturated heterocycles. The van der Waals surface area contributed by atoms with E-state index < -0.39 is 16.0 Å². The zero-order valence-corrected chi connectivity index (χ0v) is 13.0. The molecule has 0 bridgehead atoms. The summed E-state index contributed by atoms with van der Waals surface area (Å²) in [4.78, 5) is 11.4. The summed E-state index contributed by atoms with van der Waals surface area (Å²) in [5.74, 6) is -0.596. The molecule has 0 amide bonds. The van der Waals surface area contributed by atoms with Gasteiger partial charge in [0.05, 0.1) is 12.3 Å². The maximum atomic E-state index is 12.4. The van der Waals surface area contributed by atoms with Crippen LogP contribution in [0.4, 0.5) is 5.69 Å². The van der Waals surface area contributed by atoms with Crippen LogP contribution in [0.25, 0.3) is 0 Å². The molecule has 1 aromatic rings. The molecule has 0 atom stereocenters. The van der Waals surface area contributed by atoms with E-state index in [4.69, 9.17) is 10.5 Å². The van der Waals surface area contributed by atoms with Gasteiger partial charge in [-0.05, 0) is 44.0 Å². The lowest BCUT2D eigenvalue weighted by Crippen LogP contribution is -2.33. The first kappa shape index (κ1) is 16.5. The van der Waals surface area contributed by atoms with Crippen molar-refractivity contribution in [1.82, 2.24) is 4.31 Å². The number of ether oxygens (including phenoxy) is 1. The van der Waals surface area contributed by atoms with Gasteiger partial charge in [-0.3, -0.25) is 4.79 Å². The molecule has 0 saturated carbocycles. The fourth-order valence-corrected chi connectivity index (χ4v) is 2.97. The Morgan fingerprint density at radius 1 is 1.30 bits per heavy atom. The highest BCUT2D eigenvalue weighted by atomic mass is 32.2. The van der Waals surface area contributed by atoms with E-state index in [-0.39, 0.29) is 23.7 Å². The van der Waals surface area contributed by atoms with Crippen molar-refractivity contribution < 1.29 is 17.9 Å². The van der Waals surface area contributed by atoms with E-state index in [9.17, 15) is 13.2 Å². The van der Waals surface area contributed by atoms with Crippen LogP contribution in [0.2, 0.25) is 0 Å². The van der Waals surface area contributed by atoms with Crippen molar-refractivity contribution in [3.63, 3.8) is 0 Å². The Hall–Kier alpha value is -1.60. The van der Waals surface area contributed by atoms with Crippen LogP contribution in [-0.4, -0.2) is 38.9 Å². The molecule has 0 heterocycles. The Labute approximate surface area is 119 Å². The van der Waals surface area contributed by atoms with Gasteiger partial charge in [-0.1, -0.05) is 0 Å². The number of nitrogen functional groups attached to an aromatic ring is 1. The average molecular weight is 300 g/mol. The molecule has 112 valence electrons. The molecule has 0 radical (unpaired) electrons. The van der Waals surface area contributed by atoms with Crippen molar-refractivity contribution in [3.05, 3.63) is 23.3 Å². The summed E-state index contributed by atoms with van der Waals surface area (Å²) in [6, 6.07) is 3.13. The van der Waals surface area contributed by atoms with Gasteiger partial charge in [-0.2, -0.15) is 4.31 Å². The highest BCUT2D eigenvalue weighted by molar-refractivity contribution is 7.89. The van der Waals surface area contributed by atoms with Gasteiger partial charge < -0.3 is 10.5 Å². The summed E-state index contributed by atoms with van der Waals surface area (Å²) in [5, 5.41) is 0. The number of carbonyl (C=O) groups is 1. The number of likely N-dealkylation sites (N-methyl/N-ethyl adjacent to an activating group) is 1. The van der Waals surface area contributed by atoms with Gasteiger partial charge in [0.25, 0.3) is 0 Å². The number of hydrogen-bond donors (Lipinski definition) is 1. The second-order valence-corrected chi connectivity index (χ2v) is 6.55. The molecule has 7 heteroatoms. The quantitative estimate of drug-likeness (QED) is 0.649. The summed E-state index contributed by atoms with van der Waals surface area (Å²) in [7, 11) is -2.49. The number of rotatable bonds is 5. The van der Waals surface area contributed by atoms with Crippen LogP contribution in [0.5, 0.6) is 0 Å². The van der Waals surface area contributed by atoms with E-state index in [1.165, 1.54) is 13.1 Å². The Morgan fingerprint density at radius 2 is 1.85 bits per heavy atom. The molecular weight excluding hydrogens is 280 g/mol. The third-order valence-corrected chi connectivity index (χ3v) is 4.83. The zero-order chi connectivity index (χ0) is 15.5. The number of nitrogens with zero attached hydrogens (tertiary/aromatic N) is 1. The fourth-order valence-electron chi connectivity index (χ4n) is 1.68. The lowest BCUT2D eigenvalue weighted by molar-refractivity contribution is -0.143. The third kappa shape index (κ3) is 3.49.